The van der Waals surface area contributed by atoms with Crippen LogP contribution in [0.5, 0.6) is 0 Å². The molecular formula is C13H27N3O2. The van der Waals surface area contributed by atoms with Crippen LogP contribution in [0.15, 0.2) is 0 Å². The van der Waals surface area contributed by atoms with Crippen molar-refractivity contribution < 1.29 is 9.53 Å². The summed E-state index contributed by atoms with van der Waals surface area (Å²) in [6.07, 6.45) is 3.70. The smallest absolute Gasteiger partial charge is 0.221 e. The third-order valence-electron chi connectivity index (χ3n) is 3.61. The van der Waals surface area contributed by atoms with Crippen molar-refractivity contribution in [1.82, 2.24) is 10.2 Å². The number of hydrogen-bond acceptors (Lipinski definition) is 4. The number of nitrogens with two attached hydrogens (primary N) is 1. The maximum absolute atomic E-state index is 11.1. The van der Waals surface area contributed by atoms with Gasteiger partial charge in [0, 0.05) is 38.7 Å². The number of nitrogens with one attached hydrogen (secondary N) is 1. The molecule has 0 saturated carbocycles. The summed E-state index contributed by atoms with van der Waals surface area (Å²) < 4.78 is 5.02. The molecule has 0 radical (unpaired) electrons. The second-order valence-corrected chi connectivity index (χ2v) is 5.14. The summed E-state index contributed by atoms with van der Waals surface area (Å²) in [6.45, 7) is 6.36. The molecule has 1 rings (SSSR count). The zero-order valence-electron chi connectivity index (χ0n) is 11.7. The topological polar surface area (TPSA) is 67.6 Å². The van der Waals surface area contributed by atoms with Crippen molar-refractivity contribution >= 4 is 5.91 Å². The van der Waals surface area contributed by atoms with Crippen molar-refractivity contribution in [2.75, 3.05) is 39.9 Å². The van der Waals surface area contributed by atoms with Gasteiger partial charge in [0.05, 0.1) is 6.61 Å². The summed E-state index contributed by atoms with van der Waals surface area (Å²) in [5, 5.41) is 3.41. The average Bonchev–Trinajstić information content (AvgIpc) is 2.36. The molecule has 0 bridgehead atoms. The molecule has 1 fully saturated rings. The molecular weight excluding hydrogens is 230 g/mol. The van der Waals surface area contributed by atoms with Crippen LogP contribution >= 0.6 is 0 Å². The van der Waals surface area contributed by atoms with Gasteiger partial charge in [0.15, 0.2) is 0 Å². The molecule has 2 unspecified atom stereocenters. The van der Waals surface area contributed by atoms with Crippen molar-refractivity contribution in [2.45, 2.75) is 32.2 Å². The molecule has 5 heteroatoms. The highest BCUT2D eigenvalue weighted by Gasteiger charge is 2.24. The minimum Gasteiger partial charge on any atom is -0.383 e. The zero-order valence-corrected chi connectivity index (χ0v) is 11.7. The SMILES string of the molecule is COCCNCC1CCCCN1CC(C)C(N)=O. The molecule has 0 aromatic carbocycles. The molecule has 1 heterocycles. The number of hydrogen-bond donors (Lipinski definition) is 2. The molecule has 1 aliphatic heterocycles. The highest BCUT2D eigenvalue weighted by molar-refractivity contribution is 5.76. The second kappa shape index (κ2) is 8.45. The van der Waals surface area contributed by atoms with Crippen LogP contribution in [-0.2, 0) is 9.53 Å². The maximum Gasteiger partial charge on any atom is 0.221 e. The number of piperidine rings is 1. The summed E-state index contributed by atoms with van der Waals surface area (Å²) in [7, 11) is 1.71. The lowest BCUT2D eigenvalue weighted by atomic mass is 10.00. The van der Waals surface area contributed by atoms with Gasteiger partial charge in [0.1, 0.15) is 0 Å². The summed E-state index contributed by atoms with van der Waals surface area (Å²) >= 11 is 0. The number of ether oxygens (including phenoxy) is 1. The lowest BCUT2D eigenvalue weighted by Crippen LogP contribution is -2.48. The first-order chi connectivity index (χ1) is 8.65. The van der Waals surface area contributed by atoms with Crippen molar-refractivity contribution in [3.8, 4) is 0 Å². The van der Waals surface area contributed by atoms with Gasteiger partial charge < -0.3 is 15.8 Å². The van der Waals surface area contributed by atoms with Gasteiger partial charge in [-0.05, 0) is 19.4 Å². The van der Waals surface area contributed by atoms with Crippen LogP contribution in [0.2, 0.25) is 0 Å². The molecule has 0 aliphatic carbocycles. The quantitative estimate of drug-likeness (QED) is 0.610. The van der Waals surface area contributed by atoms with E-state index in [4.69, 9.17) is 10.5 Å². The Labute approximate surface area is 110 Å². The van der Waals surface area contributed by atoms with E-state index in [0.29, 0.717) is 6.04 Å². The van der Waals surface area contributed by atoms with Gasteiger partial charge in [-0.1, -0.05) is 13.3 Å². The first-order valence-electron chi connectivity index (χ1n) is 6.88. The Kier molecular flexibility index (Phi) is 7.23. The van der Waals surface area contributed by atoms with E-state index < -0.39 is 0 Å². The van der Waals surface area contributed by atoms with E-state index in [9.17, 15) is 4.79 Å². The van der Waals surface area contributed by atoms with Crippen LogP contribution in [0.1, 0.15) is 26.2 Å². The molecule has 5 nitrogen and oxygen atoms in total. The van der Waals surface area contributed by atoms with E-state index in [1.54, 1.807) is 7.11 Å². The second-order valence-electron chi connectivity index (χ2n) is 5.14. The number of likely N-dealkylation sites (tertiary alicyclic amines) is 1. The van der Waals surface area contributed by atoms with Gasteiger partial charge in [-0.15, -0.1) is 0 Å². The fourth-order valence-electron chi connectivity index (χ4n) is 2.42. The Morgan fingerprint density at radius 3 is 3.00 bits per heavy atom. The Bertz CT molecular complexity index is 248. The van der Waals surface area contributed by atoms with Crippen LogP contribution in [0.3, 0.4) is 0 Å². The van der Waals surface area contributed by atoms with Crippen molar-refractivity contribution in [3.05, 3.63) is 0 Å². The van der Waals surface area contributed by atoms with Gasteiger partial charge >= 0.3 is 0 Å². The number of rotatable bonds is 8. The first kappa shape index (κ1) is 15.4. The fourth-order valence-corrected chi connectivity index (χ4v) is 2.42. The third kappa shape index (κ3) is 5.33. The Balaban J connectivity index is 2.34. The average molecular weight is 257 g/mol. The fraction of sp³-hybridized carbons (Fsp3) is 0.923. The molecule has 1 amide bonds. The largest absolute Gasteiger partial charge is 0.383 e. The molecule has 0 spiro atoms. The van der Waals surface area contributed by atoms with E-state index in [1.807, 2.05) is 6.92 Å². The molecule has 1 aliphatic rings. The van der Waals surface area contributed by atoms with Gasteiger partial charge in [-0.25, -0.2) is 0 Å². The van der Waals surface area contributed by atoms with E-state index in [2.05, 4.69) is 10.2 Å². The molecule has 106 valence electrons. The monoisotopic (exact) mass is 257 g/mol. The van der Waals surface area contributed by atoms with Crippen LogP contribution in [0.4, 0.5) is 0 Å². The normalized spacial score (nSPS) is 22.9. The van der Waals surface area contributed by atoms with E-state index in [0.717, 1.165) is 32.8 Å². The Hall–Kier alpha value is -0.650. The van der Waals surface area contributed by atoms with Crippen molar-refractivity contribution in [1.29, 1.82) is 0 Å². The van der Waals surface area contributed by atoms with Gasteiger partial charge in [-0.2, -0.15) is 0 Å². The predicted molar refractivity (Wildman–Crippen MR) is 72.3 cm³/mol. The van der Waals surface area contributed by atoms with Gasteiger partial charge in [0.2, 0.25) is 5.91 Å². The molecule has 3 N–H and O–H groups in total. The summed E-state index contributed by atoms with van der Waals surface area (Å²) in [5.41, 5.74) is 5.34. The Morgan fingerprint density at radius 1 is 1.56 bits per heavy atom. The van der Waals surface area contributed by atoms with E-state index in [-0.39, 0.29) is 11.8 Å². The summed E-state index contributed by atoms with van der Waals surface area (Å²) in [4.78, 5) is 13.5. The van der Waals surface area contributed by atoms with E-state index >= 15 is 0 Å². The number of nitrogens with zero attached hydrogens (tertiary/aromatic N) is 1. The summed E-state index contributed by atoms with van der Waals surface area (Å²) in [6, 6.07) is 0.525. The Morgan fingerprint density at radius 2 is 2.33 bits per heavy atom. The number of amides is 1. The van der Waals surface area contributed by atoms with Gasteiger partial charge in [0.25, 0.3) is 0 Å². The number of carbonyl (C=O) groups is 1. The number of primary amides is 1. The molecule has 1 saturated heterocycles. The van der Waals surface area contributed by atoms with Crippen LogP contribution in [0, 0.1) is 5.92 Å². The number of methoxy groups -OCH3 is 1. The molecule has 18 heavy (non-hydrogen) atoms. The first-order valence-corrected chi connectivity index (χ1v) is 6.88. The highest BCUT2D eigenvalue weighted by atomic mass is 16.5. The van der Waals surface area contributed by atoms with Gasteiger partial charge in [-0.3, -0.25) is 9.69 Å². The van der Waals surface area contributed by atoms with Crippen molar-refractivity contribution in [2.24, 2.45) is 11.7 Å². The lowest BCUT2D eigenvalue weighted by Gasteiger charge is -2.37. The molecule has 0 aromatic heterocycles. The zero-order chi connectivity index (χ0) is 13.4. The molecule has 2 atom stereocenters. The van der Waals surface area contributed by atoms with Crippen LogP contribution in [0.25, 0.3) is 0 Å². The summed E-state index contributed by atoms with van der Waals surface area (Å²) in [5.74, 6) is -0.267. The van der Waals surface area contributed by atoms with Crippen molar-refractivity contribution in [3.63, 3.8) is 0 Å². The minimum atomic E-state index is -0.202. The van der Waals surface area contributed by atoms with Crippen LogP contribution in [-0.4, -0.2) is 56.7 Å². The maximum atomic E-state index is 11.1. The number of carbonyl (C=O) groups excluding carboxylic acids is 1. The molecule has 0 aromatic rings. The highest BCUT2D eigenvalue weighted by Crippen LogP contribution is 2.17. The van der Waals surface area contributed by atoms with Crippen LogP contribution < -0.4 is 11.1 Å². The standard InChI is InChI=1S/C13H27N3O2/c1-11(13(14)17)10-16-7-4-3-5-12(16)9-15-6-8-18-2/h11-12,15H,3-10H2,1-2H3,(H2,14,17). The minimum absolute atomic E-state index is 0.0652. The third-order valence-corrected chi connectivity index (χ3v) is 3.61. The van der Waals surface area contributed by atoms with E-state index in [1.165, 1.54) is 19.3 Å². The predicted octanol–water partition coefficient (Wildman–Crippen LogP) is 0.198. The lowest BCUT2D eigenvalue weighted by molar-refractivity contribution is -0.122.